The third-order valence-electron chi connectivity index (χ3n) is 3.89. The highest BCUT2D eigenvalue weighted by Gasteiger charge is 2.33. The van der Waals surface area contributed by atoms with Gasteiger partial charge in [0.25, 0.3) is 0 Å². The Labute approximate surface area is 132 Å². The topological polar surface area (TPSA) is 38.7 Å². The SMILES string of the molecule is CCNCc1cccc(Cl)c1N1CC(O)CC1CN(C)C. The molecule has 0 radical (unpaired) electrons. The summed E-state index contributed by atoms with van der Waals surface area (Å²) in [6.45, 7) is 5.40. The van der Waals surface area contributed by atoms with Crippen LogP contribution in [0.5, 0.6) is 0 Å². The highest BCUT2D eigenvalue weighted by atomic mass is 35.5. The van der Waals surface area contributed by atoms with E-state index in [9.17, 15) is 5.11 Å². The molecule has 0 aliphatic carbocycles. The Morgan fingerprint density at radius 1 is 1.43 bits per heavy atom. The van der Waals surface area contributed by atoms with Crippen LogP contribution in [0.3, 0.4) is 0 Å². The van der Waals surface area contributed by atoms with Crippen LogP contribution in [0.1, 0.15) is 18.9 Å². The number of anilines is 1. The molecule has 1 fully saturated rings. The molecule has 2 rings (SSSR count). The number of β-amino-alcohol motifs (C(OH)–C–C–N with tert-alkyl or cyclic N) is 1. The van der Waals surface area contributed by atoms with E-state index in [1.807, 2.05) is 12.1 Å². The van der Waals surface area contributed by atoms with Gasteiger partial charge in [0.2, 0.25) is 0 Å². The van der Waals surface area contributed by atoms with Gasteiger partial charge < -0.3 is 20.2 Å². The number of hydrogen-bond donors (Lipinski definition) is 2. The molecule has 1 saturated heterocycles. The minimum absolute atomic E-state index is 0.279. The Morgan fingerprint density at radius 3 is 2.86 bits per heavy atom. The summed E-state index contributed by atoms with van der Waals surface area (Å²) >= 11 is 6.47. The summed E-state index contributed by atoms with van der Waals surface area (Å²) in [7, 11) is 4.13. The fourth-order valence-corrected chi connectivity index (χ4v) is 3.35. The second kappa shape index (κ2) is 7.45. The van der Waals surface area contributed by atoms with Crippen LogP contribution in [0.4, 0.5) is 5.69 Å². The van der Waals surface area contributed by atoms with E-state index in [2.05, 4.69) is 42.2 Å². The molecule has 4 nitrogen and oxygen atoms in total. The molecule has 2 atom stereocenters. The molecule has 2 unspecified atom stereocenters. The van der Waals surface area contributed by atoms with Gasteiger partial charge in [-0.25, -0.2) is 0 Å². The second-order valence-corrected chi connectivity index (χ2v) is 6.39. The van der Waals surface area contributed by atoms with E-state index < -0.39 is 0 Å². The molecule has 0 saturated carbocycles. The molecule has 2 N–H and O–H groups in total. The monoisotopic (exact) mass is 311 g/mol. The summed E-state index contributed by atoms with van der Waals surface area (Å²) in [5, 5.41) is 14.2. The van der Waals surface area contributed by atoms with Gasteiger partial charge in [-0.2, -0.15) is 0 Å². The molecule has 1 aromatic carbocycles. The molecule has 1 heterocycles. The first-order valence-electron chi connectivity index (χ1n) is 7.60. The van der Waals surface area contributed by atoms with Gasteiger partial charge in [0.1, 0.15) is 0 Å². The van der Waals surface area contributed by atoms with Crippen molar-refractivity contribution in [1.29, 1.82) is 0 Å². The van der Waals surface area contributed by atoms with Crippen LogP contribution in [0.25, 0.3) is 0 Å². The molecule has 0 amide bonds. The molecular formula is C16H26ClN3O. The highest BCUT2D eigenvalue weighted by Crippen LogP contribution is 2.35. The van der Waals surface area contributed by atoms with Gasteiger partial charge in [-0.1, -0.05) is 30.7 Å². The van der Waals surface area contributed by atoms with E-state index in [0.717, 1.165) is 36.8 Å². The molecule has 1 aliphatic heterocycles. The first-order chi connectivity index (χ1) is 10.0. The van der Waals surface area contributed by atoms with Crippen LogP contribution < -0.4 is 10.2 Å². The van der Waals surface area contributed by atoms with Crippen LogP contribution in [-0.2, 0) is 6.54 Å². The average molecular weight is 312 g/mol. The summed E-state index contributed by atoms with van der Waals surface area (Å²) in [6, 6.07) is 6.34. The Balaban J connectivity index is 2.29. The largest absolute Gasteiger partial charge is 0.391 e. The first kappa shape index (κ1) is 16.6. The fourth-order valence-electron chi connectivity index (χ4n) is 3.04. The van der Waals surface area contributed by atoms with Crippen molar-refractivity contribution >= 4 is 17.3 Å². The Hall–Kier alpha value is -0.810. The van der Waals surface area contributed by atoms with Gasteiger partial charge in [0, 0.05) is 25.7 Å². The van der Waals surface area contributed by atoms with E-state index in [1.165, 1.54) is 5.56 Å². The number of likely N-dealkylation sites (N-methyl/N-ethyl adjacent to an activating group) is 1. The molecule has 0 bridgehead atoms. The van der Waals surface area contributed by atoms with Gasteiger partial charge in [0.05, 0.1) is 16.8 Å². The summed E-state index contributed by atoms with van der Waals surface area (Å²) in [4.78, 5) is 4.44. The minimum Gasteiger partial charge on any atom is -0.391 e. The van der Waals surface area contributed by atoms with Crippen LogP contribution in [0.15, 0.2) is 18.2 Å². The standard InChI is InChI=1S/C16H26ClN3O/c1-4-18-9-12-6-5-7-15(17)16(12)20-11-14(21)8-13(20)10-19(2)3/h5-7,13-14,18,21H,4,8-11H2,1-3H3. The smallest absolute Gasteiger partial charge is 0.0735 e. The van der Waals surface area contributed by atoms with Gasteiger partial charge in [-0.05, 0) is 38.7 Å². The van der Waals surface area contributed by atoms with Gasteiger partial charge in [0.15, 0.2) is 0 Å². The number of nitrogens with zero attached hydrogens (tertiary/aromatic N) is 2. The van der Waals surface area contributed by atoms with Crippen LogP contribution in [0, 0.1) is 0 Å². The molecule has 1 aliphatic rings. The van der Waals surface area contributed by atoms with Crippen molar-refractivity contribution in [3.8, 4) is 0 Å². The quantitative estimate of drug-likeness (QED) is 0.842. The maximum absolute atomic E-state index is 10.1. The van der Waals surface area contributed by atoms with E-state index in [4.69, 9.17) is 11.6 Å². The number of rotatable bonds is 6. The number of benzene rings is 1. The number of halogens is 1. The van der Waals surface area contributed by atoms with Gasteiger partial charge in [-0.15, -0.1) is 0 Å². The summed E-state index contributed by atoms with van der Waals surface area (Å²) in [5.41, 5.74) is 2.27. The first-order valence-corrected chi connectivity index (χ1v) is 7.98. The number of aliphatic hydroxyl groups excluding tert-OH is 1. The van der Waals surface area contributed by atoms with E-state index in [-0.39, 0.29) is 6.10 Å². The van der Waals surface area contributed by atoms with Crippen LogP contribution >= 0.6 is 11.6 Å². The van der Waals surface area contributed by atoms with Crippen molar-refractivity contribution in [1.82, 2.24) is 10.2 Å². The lowest BCUT2D eigenvalue weighted by atomic mass is 10.1. The fraction of sp³-hybridized carbons (Fsp3) is 0.625. The van der Waals surface area contributed by atoms with Crippen LogP contribution in [-0.4, -0.2) is 55.9 Å². The number of para-hydroxylation sites is 1. The van der Waals surface area contributed by atoms with Gasteiger partial charge >= 0.3 is 0 Å². The summed E-state index contributed by atoms with van der Waals surface area (Å²) < 4.78 is 0. The van der Waals surface area contributed by atoms with Crippen LogP contribution in [0.2, 0.25) is 5.02 Å². The zero-order valence-corrected chi connectivity index (χ0v) is 13.9. The van der Waals surface area contributed by atoms with Crippen molar-refractivity contribution in [3.63, 3.8) is 0 Å². The Bertz CT molecular complexity index is 467. The highest BCUT2D eigenvalue weighted by molar-refractivity contribution is 6.33. The lowest BCUT2D eigenvalue weighted by Gasteiger charge is -2.31. The predicted molar refractivity (Wildman–Crippen MR) is 89.1 cm³/mol. The zero-order valence-electron chi connectivity index (χ0n) is 13.1. The van der Waals surface area contributed by atoms with Crippen molar-refractivity contribution in [3.05, 3.63) is 28.8 Å². The van der Waals surface area contributed by atoms with Crippen molar-refractivity contribution in [2.75, 3.05) is 38.6 Å². The Morgan fingerprint density at radius 2 is 2.19 bits per heavy atom. The van der Waals surface area contributed by atoms with Gasteiger partial charge in [-0.3, -0.25) is 0 Å². The molecule has 5 heteroatoms. The lowest BCUT2D eigenvalue weighted by molar-refractivity contribution is 0.191. The zero-order chi connectivity index (χ0) is 15.4. The van der Waals surface area contributed by atoms with Crippen molar-refractivity contribution < 1.29 is 5.11 Å². The van der Waals surface area contributed by atoms with E-state index >= 15 is 0 Å². The maximum Gasteiger partial charge on any atom is 0.0735 e. The van der Waals surface area contributed by atoms with Crippen molar-refractivity contribution in [2.24, 2.45) is 0 Å². The molecular weight excluding hydrogens is 286 g/mol. The summed E-state index contributed by atoms with van der Waals surface area (Å²) in [5.74, 6) is 0. The normalized spacial score (nSPS) is 22.3. The third-order valence-corrected chi connectivity index (χ3v) is 4.20. The van der Waals surface area contributed by atoms with E-state index in [0.29, 0.717) is 12.6 Å². The number of aliphatic hydroxyl groups is 1. The number of nitrogens with one attached hydrogen (secondary N) is 1. The summed E-state index contributed by atoms with van der Waals surface area (Å²) in [6.07, 6.45) is 0.516. The predicted octanol–water partition coefficient (Wildman–Crippen LogP) is 1.95. The molecule has 118 valence electrons. The average Bonchev–Trinajstić information content (AvgIpc) is 2.76. The number of hydrogen-bond acceptors (Lipinski definition) is 4. The lowest BCUT2D eigenvalue weighted by Crippen LogP contribution is -2.38. The third kappa shape index (κ3) is 4.10. The molecule has 0 aromatic heterocycles. The molecule has 1 aromatic rings. The maximum atomic E-state index is 10.1. The minimum atomic E-state index is -0.279. The van der Waals surface area contributed by atoms with Crippen molar-refractivity contribution in [2.45, 2.75) is 32.0 Å². The molecule has 0 spiro atoms. The Kier molecular flexibility index (Phi) is 5.88. The second-order valence-electron chi connectivity index (χ2n) is 5.99. The van der Waals surface area contributed by atoms with E-state index in [1.54, 1.807) is 0 Å². The molecule has 21 heavy (non-hydrogen) atoms.